The standard InChI is InChI=1S/C13H10F2O4/c1-7-9(13(16)17)5-8(19-7)6-18-11-4-2-3-10(14)12(11)15/h2-5H,6H2,1H3,(H,16,17). The number of furan rings is 1. The van der Waals surface area contributed by atoms with E-state index in [2.05, 4.69) is 0 Å². The maximum atomic E-state index is 13.3. The van der Waals surface area contributed by atoms with E-state index in [1.807, 2.05) is 0 Å². The van der Waals surface area contributed by atoms with Gasteiger partial charge in [-0.25, -0.2) is 9.18 Å². The number of rotatable bonds is 4. The van der Waals surface area contributed by atoms with E-state index in [0.29, 0.717) is 0 Å². The molecule has 0 saturated carbocycles. The SMILES string of the molecule is Cc1oc(COc2cccc(F)c2F)cc1C(=O)O. The fraction of sp³-hybridized carbons (Fsp3) is 0.154. The van der Waals surface area contributed by atoms with Gasteiger partial charge in [-0.1, -0.05) is 6.07 Å². The summed E-state index contributed by atoms with van der Waals surface area (Å²) >= 11 is 0. The minimum Gasteiger partial charge on any atom is -0.482 e. The first-order valence-electron chi connectivity index (χ1n) is 5.38. The summed E-state index contributed by atoms with van der Waals surface area (Å²) in [6.45, 7) is 1.31. The number of aryl methyl sites for hydroxylation is 1. The van der Waals surface area contributed by atoms with Crippen LogP contribution in [0.1, 0.15) is 21.9 Å². The Bertz CT molecular complexity index is 619. The molecule has 0 unspecified atom stereocenters. The molecule has 19 heavy (non-hydrogen) atoms. The van der Waals surface area contributed by atoms with Crippen LogP contribution in [0.15, 0.2) is 28.7 Å². The van der Waals surface area contributed by atoms with Crippen LogP contribution in [0.4, 0.5) is 8.78 Å². The fourth-order valence-electron chi connectivity index (χ4n) is 1.57. The lowest BCUT2D eigenvalue weighted by atomic mass is 10.2. The Morgan fingerprint density at radius 3 is 2.79 bits per heavy atom. The molecule has 2 rings (SSSR count). The van der Waals surface area contributed by atoms with E-state index in [1.54, 1.807) is 0 Å². The van der Waals surface area contributed by atoms with Gasteiger partial charge in [0, 0.05) is 0 Å². The molecule has 0 aliphatic carbocycles. The molecule has 0 amide bonds. The quantitative estimate of drug-likeness (QED) is 0.925. The molecule has 0 atom stereocenters. The van der Waals surface area contributed by atoms with E-state index in [1.165, 1.54) is 25.1 Å². The summed E-state index contributed by atoms with van der Waals surface area (Å²) in [4.78, 5) is 10.8. The number of carboxylic acid groups (broad SMARTS) is 1. The molecule has 4 nitrogen and oxygen atoms in total. The zero-order valence-corrected chi connectivity index (χ0v) is 9.94. The van der Waals surface area contributed by atoms with Gasteiger partial charge in [0.25, 0.3) is 0 Å². The molecular formula is C13H10F2O4. The van der Waals surface area contributed by atoms with Crippen molar-refractivity contribution in [2.75, 3.05) is 0 Å². The molecule has 2 aromatic rings. The Morgan fingerprint density at radius 1 is 1.42 bits per heavy atom. The van der Waals surface area contributed by atoms with Crippen molar-refractivity contribution in [2.24, 2.45) is 0 Å². The minimum absolute atomic E-state index is 0.0123. The van der Waals surface area contributed by atoms with Gasteiger partial charge in [0.1, 0.15) is 23.7 Å². The summed E-state index contributed by atoms with van der Waals surface area (Å²) < 4.78 is 36.4. The van der Waals surface area contributed by atoms with E-state index in [4.69, 9.17) is 14.3 Å². The van der Waals surface area contributed by atoms with Gasteiger partial charge >= 0.3 is 5.97 Å². The van der Waals surface area contributed by atoms with Crippen molar-refractivity contribution in [1.82, 2.24) is 0 Å². The molecule has 0 radical (unpaired) electrons. The molecule has 1 N–H and O–H groups in total. The Kier molecular flexibility index (Phi) is 3.50. The third kappa shape index (κ3) is 2.73. The third-order valence-corrected chi connectivity index (χ3v) is 2.49. The first kappa shape index (κ1) is 13.1. The maximum Gasteiger partial charge on any atom is 0.339 e. The van der Waals surface area contributed by atoms with Gasteiger partial charge < -0.3 is 14.3 Å². The summed E-state index contributed by atoms with van der Waals surface area (Å²) in [5.41, 5.74) is 0.0123. The summed E-state index contributed by atoms with van der Waals surface area (Å²) in [5, 5.41) is 8.83. The maximum absolute atomic E-state index is 13.3. The number of halogens is 2. The number of hydrogen-bond acceptors (Lipinski definition) is 3. The molecule has 1 aromatic heterocycles. The number of hydrogen-bond donors (Lipinski definition) is 1. The van der Waals surface area contributed by atoms with Gasteiger partial charge in [-0.2, -0.15) is 4.39 Å². The van der Waals surface area contributed by atoms with Gasteiger partial charge in [-0.05, 0) is 25.1 Å². The van der Waals surface area contributed by atoms with Crippen LogP contribution in [0.5, 0.6) is 5.75 Å². The first-order valence-corrected chi connectivity index (χ1v) is 5.38. The molecule has 6 heteroatoms. The van der Waals surface area contributed by atoms with Crippen LogP contribution in [0.25, 0.3) is 0 Å². The van der Waals surface area contributed by atoms with Crippen LogP contribution in [0, 0.1) is 18.6 Å². The molecule has 0 spiro atoms. The summed E-state index contributed by atoms with van der Waals surface area (Å²) in [6.07, 6.45) is 0. The van der Waals surface area contributed by atoms with Crippen LogP contribution >= 0.6 is 0 Å². The van der Waals surface area contributed by atoms with E-state index >= 15 is 0 Å². The Morgan fingerprint density at radius 2 is 2.16 bits per heavy atom. The first-order chi connectivity index (χ1) is 8.99. The predicted octanol–water partition coefficient (Wildman–Crippen LogP) is 3.14. The molecule has 0 fully saturated rings. The molecular weight excluding hydrogens is 258 g/mol. The van der Waals surface area contributed by atoms with Gasteiger partial charge in [-0.15, -0.1) is 0 Å². The van der Waals surface area contributed by atoms with Crippen molar-refractivity contribution >= 4 is 5.97 Å². The molecule has 0 aliphatic heterocycles. The van der Waals surface area contributed by atoms with Crippen molar-refractivity contribution in [3.8, 4) is 5.75 Å². The van der Waals surface area contributed by atoms with Gasteiger partial charge in [-0.3, -0.25) is 0 Å². The zero-order chi connectivity index (χ0) is 14.0. The van der Waals surface area contributed by atoms with Crippen LogP contribution in [-0.2, 0) is 6.61 Å². The highest BCUT2D eigenvalue weighted by atomic mass is 19.2. The van der Waals surface area contributed by atoms with E-state index in [9.17, 15) is 13.6 Å². The van der Waals surface area contributed by atoms with Crippen molar-refractivity contribution in [3.63, 3.8) is 0 Å². The van der Waals surface area contributed by atoms with Crippen molar-refractivity contribution in [2.45, 2.75) is 13.5 Å². The summed E-state index contributed by atoms with van der Waals surface area (Å²) in [6, 6.07) is 4.84. The topological polar surface area (TPSA) is 59.7 Å². The molecule has 0 bridgehead atoms. The average molecular weight is 268 g/mol. The van der Waals surface area contributed by atoms with Crippen LogP contribution < -0.4 is 4.74 Å². The second kappa shape index (κ2) is 5.09. The highest BCUT2D eigenvalue weighted by Gasteiger charge is 2.15. The summed E-state index contributed by atoms with van der Waals surface area (Å²) in [7, 11) is 0. The zero-order valence-electron chi connectivity index (χ0n) is 9.94. The van der Waals surface area contributed by atoms with Gasteiger partial charge in [0.05, 0.1) is 0 Å². The van der Waals surface area contributed by atoms with Crippen LogP contribution in [0.3, 0.4) is 0 Å². The second-order valence-electron chi connectivity index (χ2n) is 3.83. The van der Waals surface area contributed by atoms with Gasteiger partial charge in [0.15, 0.2) is 11.6 Å². The number of carboxylic acids is 1. The third-order valence-electron chi connectivity index (χ3n) is 2.49. The largest absolute Gasteiger partial charge is 0.482 e. The Labute approximate surface area is 107 Å². The highest BCUT2D eigenvalue weighted by molar-refractivity contribution is 5.88. The Balaban J connectivity index is 2.13. The lowest BCUT2D eigenvalue weighted by Gasteiger charge is -2.05. The predicted molar refractivity (Wildman–Crippen MR) is 61.1 cm³/mol. The van der Waals surface area contributed by atoms with Crippen molar-refractivity contribution in [3.05, 3.63) is 53.0 Å². The monoisotopic (exact) mass is 268 g/mol. The van der Waals surface area contributed by atoms with Gasteiger partial charge in [0.2, 0.25) is 5.82 Å². The fourth-order valence-corrected chi connectivity index (χ4v) is 1.57. The average Bonchev–Trinajstić information content (AvgIpc) is 2.73. The van der Waals surface area contributed by atoms with Crippen LogP contribution in [0.2, 0.25) is 0 Å². The van der Waals surface area contributed by atoms with E-state index < -0.39 is 17.6 Å². The normalized spacial score (nSPS) is 10.5. The molecule has 1 heterocycles. The molecule has 0 aliphatic rings. The number of ether oxygens (including phenoxy) is 1. The van der Waals surface area contributed by atoms with E-state index in [0.717, 1.165) is 6.07 Å². The molecule has 0 saturated heterocycles. The molecule has 100 valence electrons. The number of benzene rings is 1. The van der Waals surface area contributed by atoms with Crippen molar-refractivity contribution < 1.29 is 27.8 Å². The van der Waals surface area contributed by atoms with Crippen LogP contribution in [-0.4, -0.2) is 11.1 Å². The Hall–Kier alpha value is -2.37. The minimum atomic E-state index is -1.12. The number of aromatic carboxylic acids is 1. The second-order valence-corrected chi connectivity index (χ2v) is 3.83. The van der Waals surface area contributed by atoms with E-state index in [-0.39, 0.29) is 29.4 Å². The smallest absolute Gasteiger partial charge is 0.339 e. The highest BCUT2D eigenvalue weighted by Crippen LogP contribution is 2.21. The molecule has 1 aromatic carbocycles. The lowest BCUT2D eigenvalue weighted by molar-refractivity contribution is 0.0695. The summed E-state index contributed by atoms with van der Waals surface area (Å²) in [5.74, 6) is -3.04. The van der Waals surface area contributed by atoms with Crippen molar-refractivity contribution in [1.29, 1.82) is 0 Å². The number of carbonyl (C=O) groups is 1. The lowest BCUT2D eigenvalue weighted by Crippen LogP contribution is -1.98.